The molecule has 4 nitrogen and oxygen atoms in total. The molecule has 0 radical (unpaired) electrons. The quantitative estimate of drug-likeness (QED) is 0.825. The van der Waals surface area contributed by atoms with E-state index in [0.717, 1.165) is 25.8 Å². The van der Waals surface area contributed by atoms with Crippen molar-refractivity contribution >= 4 is 0 Å². The second-order valence-electron chi connectivity index (χ2n) is 6.66. The van der Waals surface area contributed by atoms with Crippen LogP contribution in [0.2, 0.25) is 0 Å². The number of nitrogens with one attached hydrogen (secondary N) is 1. The third-order valence-electron chi connectivity index (χ3n) is 3.87. The molecular formula is C15H27N3O. The lowest BCUT2D eigenvalue weighted by Crippen LogP contribution is -2.38. The largest absolute Gasteiger partial charge is 0.392 e. The van der Waals surface area contributed by atoms with Crippen molar-refractivity contribution in [3.8, 4) is 0 Å². The van der Waals surface area contributed by atoms with E-state index in [2.05, 4.69) is 37.4 Å². The lowest BCUT2D eigenvalue weighted by molar-refractivity contribution is 0.119. The summed E-state index contributed by atoms with van der Waals surface area (Å²) in [4.78, 5) is 0. The first-order valence-electron chi connectivity index (χ1n) is 7.42. The SMILES string of the molecule is CC(C)(C)n1cc(CNC2CCCCCC2O)cn1. The summed E-state index contributed by atoms with van der Waals surface area (Å²) in [7, 11) is 0. The van der Waals surface area contributed by atoms with Crippen molar-refractivity contribution in [2.24, 2.45) is 0 Å². The molecule has 1 aromatic heterocycles. The highest BCUT2D eigenvalue weighted by molar-refractivity contribution is 5.05. The molecule has 2 N–H and O–H groups in total. The molecule has 2 atom stereocenters. The minimum Gasteiger partial charge on any atom is -0.392 e. The van der Waals surface area contributed by atoms with Gasteiger partial charge in [-0.2, -0.15) is 5.10 Å². The van der Waals surface area contributed by atoms with E-state index in [1.165, 1.54) is 18.4 Å². The summed E-state index contributed by atoms with van der Waals surface area (Å²) >= 11 is 0. The Morgan fingerprint density at radius 2 is 2.05 bits per heavy atom. The van der Waals surface area contributed by atoms with E-state index in [1.54, 1.807) is 0 Å². The summed E-state index contributed by atoms with van der Waals surface area (Å²) < 4.78 is 1.99. The summed E-state index contributed by atoms with van der Waals surface area (Å²) in [5.41, 5.74) is 1.21. The van der Waals surface area contributed by atoms with Gasteiger partial charge in [-0.25, -0.2) is 0 Å². The maximum Gasteiger partial charge on any atom is 0.0693 e. The normalized spacial score (nSPS) is 25.3. The fraction of sp³-hybridized carbons (Fsp3) is 0.800. The first-order valence-corrected chi connectivity index (χ1v) is 7.42. The van der Waals surface area contributed by atoms with E-state index in [4.69, 9.17) is 0 Å². The van der Waals surface area contributed by atoms with Gasteiger partial charge in [0.15, 0.2) is 0 Å². The Morgan fingerprint density at radius 3 is 2.74 bits per heavy atom. The van der Waals surface area contributed by atoms with Gasteiger partial charge in [-0.1, -0.05) is 19.3 Å². The van der Waals surface area contributed by atoms with Crippen LogP contribution in [0.25, 0.3) is 0 Å². The van der Waals surface area contributed by atoms with Crippen LogP contribution in [-0.2, 0) is 12.1 Å². The van der Waals surface area contributed by atoms with Gasteiger partial charge in [0.05, 0.1) is 17.8 Å². The lowest BCUT2D eigenvalue weighted by Gasteiger charge is -2.21. The first-order chi connectivity index (χ1) is 8.97. The second kappa shape index (κ2) is 6.06. The van der Waals surface area contributed by atoms with E-state index in [9.17, 15) is 5.11 Å². The van der Waals surface area contributed by atoms with Crippen LogP contribution >= 0.6 is 0 Å². The number of nitrogens with zero attached hydrogens (tertiary/aromatic N) is 2. The van der Waals surface area contributed by atoms with Crippen LogP contribution in [0.4, 0.5) is 0 Å². The Kier molecular flexibility index (Phi) is 4.63. The molecule has 4 heteroatoms. The molecule has 1 fully saturated rings. The molecule has 108 valence electrons. The highest BCUT2D eigenvalue weighted by Crippen LogP contribution is 2.19. The third kappa shape index (κ3) is 4.05. The zero-order chi connectivity index (χ0) is 13.9. The molecular weight excluding hydrogens is 238 g/mol. The molecule has 1 heterocycles. The zero-order valence-corrected chi connectivity index (χ0v) is 12.4. The van der Waals surface area contributed by atoms with Gasteiger partial charge in [-0.15, -0.1) is 0 Å². The first kappa shape index (κ1) is 14.5. The molecule has 19 heavy (non-hydrogen) atoms. The van der Waals surface area contributed by atoms with Gasteiger partial charge < -0.3 is 10.4 Å². The third-order valence-corrected chi connectivity index (χ3v) is 3.87. The van der Waals surface area contributed by atoms with Gasteiger partial charge in [0.25, 0.3) is 0 Å². The van der Waals surface area contributed by atoms with E-state index >= 15 is 0 Å². The number of rotatable bonds is 3. The number of aliphatic hydroxyl groups is 1. The Balaban J connectivity index is 1.89. The monoisotopic (exact) mass is 265 g/mol. The summed E-state index contributed by atoms with van der Waals surface area (Å²) in [6, 6.07) is 0.237. The topological polar surface area (TPSA) is 50.1 Å². The number of hydrogen-bond acceptors (Lipinski definition) is 3. The number of aromatic nitrogens is 2. The molecule has 1 aliphatic carbocycles. The predicted molar refractivity (Wildman–Crippen MR) is 76.9 cm³/mol. The molecule has 0 spiro atoms. The average molecular weight is 265 g/mol. The van der Waals surface area contributed by atoms with E-state index < -0.39 is 0 Å². The molecule has 1 aromatic rings. The number of hydrogen-bond donors (Lipinski definition) is 2. The summed E-state index contributed by atoms with van der Waals surface area (Å²) in [5.74, 6) is 0. The molecule has 1 saturated carbocycles. The lowest BCUT2D eigenvalue weighted by atomic mass is 10.1. The van der Waals surface area contributed by atoms with E-state index in [0.29, 0.717) is 0 Å². The van der Waals surface area contributed by atoms with Crippen molar-refractivity contribution in [2.75, 3.05) is 0 Å². The Bertz CT molecular complexity index is 394. The van der Waals surface area contributed by atoms with Crippen LogP contribution in [-0.4, -0.2) is 27.0 Å². The van der Waals surface area contributed by atoms with Gasteiger partial charge in [0, 0.05) is 24.3 Å². The van der Waals surface area contributed by atoms with Gasteiger partial charge in [0.1, 0.15) is 0 Å². The van der Waals surface area contributed by atoms with Gasteiger partial charge in [0.2, 0.25) is 0 Å². The molecule has 0 amide bonds. The average Bonchev–Trinajstić information content (AvgIpc) is 2.72. The standard InChI is InChI=1S/C15H27N3O/c1-15(2,3)18-11-12(10-17-18)9-16-13-7-5-4-6-8-14(13)19/h10-11,13-14,16,19H,4-9H2,1-3H3. The van der Waals surface area contributed by atoms with Crippen molar-refractivity contribution in [3.05, 3.63) is 18.0 Å². The molecule has 2 unspecified atom stereocenters. The number of aliphatic hydroxyl groups excluding tert-OH is 1. The summed E-state index contributed by atoms with van der Waals surface area (Å²) in [5, 5.41) is 18.0. The van der Waals surface area contributed by atoms with Crippen molar-refractivity contribution in [1.82, 2.24) is 15.1 Å². The molecule has 2 rings (SSSR count). The molecule has 0 saturated heterocycles. The summed E-state index contributed by atoms with van der Waals surface area (Å²) in [6.45, 7) is 7.22. The Hall–Kier alpha value is -0.870. The van der Waals surface area contributed by atoms with E-state index in [-0.39, 0.29) is 17.7 Å². The maximum atomic E-state index is 10.1. The molecule has 0 bridgehead atoms. The molecule has 1 aliphatic rings. The highest BCUT2D eigenvalue weighted by Gasteiger charge is 2.21. The van der Waals surface area contributed by atoms with Crippen LogP contribution in [0.5, 0.6) is 0 Å². The van der Waals surface area contributed by atoms with Crippen molar-refractivity contribution in [1.29, 1.82) is 0 Å². The van der Waals surface area contributed by atoms with Crippen LogP contribution in [0.3, 0.4) is 0 Å². The highest BCUT2D eigenvalue weighted by atomic mass is 16.3. The van der Waals surface area contributed by atoms with Crippen molar-refractivity contribution in [2.45, 2.75) is 77.1 Å². The second-order valence-corrected chi connectivity index (χ2v) is 6.66. The molecule has 0 aromatic carbocycles. The Labute approximate surface area is 116 Å². The minimum absolute atomic E-state index is 0.0279. The van der Waals surface area contributed by atoms with Gasteiger partial charge in [-0.3, -0.25) is 4.68 Å². The van der Waals surface area contributed by atoms with Crippen LogP contribution < -0.4 is 5.32 Å². The minimum atomic E-state index is -0.194. The van der Waals surface area contributed by atoms with Gasteiger partial charge >= 0.3 is 0 Å². The zero-order valence-electron chi connectivity index (χ0n) is 12.4. The van der Waals surface area contributed by atoms with Crippen molar-refractivity contribution < 1.29 is 5.11 Å². The smallest absolute Gasteiger partial charge is 0.0693 e. The fourth-order valence-electron chi connectivity index (χ4n) is 2.59. The van der Waals surface area contributed by atoms with Gasteiger partial charge in [-0.05, 0) is 33.6 Å². The van der Waals surface area contributed by atoms with E-state index in [1.807, 2.05) is 10.9 Å². The van der Waals surface area contributed by atoms with Crippen molar-refractivity contribution in [3.63, 3.8) is 0 Å². The maximum absolute atomic E-state index is 10.1. The summed E-state index contributed by atoms with van der Waals surface area (Å²) in [6.07, 6.45) is 9.44. The molecule has 0 aliphatic heterocycles. The fourth-order valence-corrected chi connectivity index (χ4v) is 2.59. The van der Waals surface area contributed by atoms with Crippen LogP contribution in [0.15, 0.2) is 12.4 Å². The Morgan fingerprint density at radius 1 is 1.32 bits per heavy atom. The van der Waals surface area contributed by atoms with Crippen LogP contribution in [0, 0.1) is 0 Å². The predicted octanol–water partition coefficient (Wildman–Crippen LogP) is 2.42. The van der Waals surface area contributed by atoms with Crippen LogP contribution in [0.1, 0.15) is 58.4 Å².